The van der Waals surface area contributed by atoms with Crippen LogP contribution in [0.4, 0.5) is 24.7 Å². The fourth-order valence-electron chi connectivity index (χ4n) is 2.60. The van der Waals surface area contributed by atoms with Crippen molar-refractivity contribution in [2.75, 3.05) is 5.32 Å². The van der Waals surface area contributed by atoms with Gasteiger partial charge in [0.1, 0.15) is 23.5 Å². The Balaban J connectivity index is 1.90. The number of benzene rings is 2. The lowest BCUT2D eigenvalue weighted by Crippen LogP contribution is -2.01. The molecule has 0 spiro atoms. The van der Waals surface area contributed by atoms with Crippen LogP contribution >= 0.6 is 15.9 Å². The second-order valence-corrected chi connectivity index (χ2v) is 6.16. The Kier molecular flexibility index (Phi) is 3.76. The molecule has 0 fully saturated rings. The van der Waals surface area contributed by atoms with Gasteiger partial charge in [-0.15, -0.1) is 0 Å². The van der Waals surface area contributed by atoms with E-state index in [9.17, 15) is 13.2 Å². The molecule has 0 aliphatic rings. The predicted octanol–water partition coefficient (Wildman–Crippen LogP) is 5.10. The molecule has 0 saturated carbocycles. The average Bonchev–Trinajstić information content (AvgIpc) is 2.59. The molecule has 0 radical (unpaired) electrons. The van der Waals surface area contributed by atoms with Gasteiger partial charge in [0.25, 0.3) is 0 Å². The molecular formula is C17H8BrF3N4. The minimum atomic E-state index is -0.700. The van der Waals surface area contributed by atoms with Gasteiger partial charge in [0.2, 0.25) is 0 Å². The van der Waals surface area contributed by atoms with Gasteiger partial charge in [0, 0.05) is 22.1 Å². The van der Waals surface area contributed by atoms with Crippen molar-refractivity contribution in [3.63, 3.8) is 0 Å². The second-order valence-electron chi connectivity index (χ2n) is 5.25. The van der Waals surface area contributed by atoms with Crippen LogP contribution in [0.25, 0.3) is 21.8 Å². The number of halogens is 4. The van der Waals surface area contributed by atoms with Crippen molar-refractivity contribution in [1.29, 1.82) is 0 Å². The van der Waals surface area contributed by atoms with E-state index in [-0.39, 0.29) is 27.8 Å². The molecule has 1 N–H and O–H groups in total. The number of fused-ring (bicyclic) bond motifs is 2. The van der Waals surface area contributed by atoms with Crippen LogP contribution < -0.4 is 5.32 Å². The molecule has 2 heterocycles. The molecule has 8 heteroatoms. The zero-order chi connectivity index (χ0) is 17.6. The summed E-state index contributed by atoms with van der Waals surface area (Å²) in [4.78, 5) is 11.8. The highest BCUT2D eigenvalue weighted by atomic mass is 79.9. The number of hydrogen-bond acceptors (Lipinski definition) is 4. The Bertz CT molecular complexity index is 1130. The zero-order valence-corrected chi connectivity index (χ0v) is 14.0. The van der Waals surface area contributed by atoms with E-state index in [1.165, 1.54) is 30.7 Å². The van der Waals surface area contributed by atoms with E-state index in [2.05, 4.69) is 36.2 Å². The second kappa shape index (κ2) is 5.96. The molecule has 4 rings (SSSR count). The van der Waals surface area contributed by atoms with E-state index in [0.29, 0.717) is 9.99 Å². The van der Waals surface area contributed by atoms with Crippen LogP contribution in [-0.4, -0.2) is 15.0 Å². The molecular weight excluding hydrogens is 397 g/mol. The summed E-state index contributed by atoms with van der Waals surface area (Å²) in [5.74, 6) is -1.94. The third-order valence-corrected chi connectivity index (χ3v) is 4.14. The van der Waals surface area contributed by atoms with E-state index in [1.54, 1.807) is 6.07 Å². The highest BCUT2D eigenvalue weighted by Gasteiger charge is 2.16. The fraction of sp³-hybridized carbons (Fsp3) is 0. The van der Waals surface area contributed by atoms with Crippen LogP contribution in [0.3, 0.4) is 0 Å². The molecule has 0 aliphatic carbocycles. The maximum atomic E-state index is 14.7. The van der Waals surface area contributed by atoms with Crippen molar-refractivity contribution >= 4 is 49.2 Å². The van der Waals surface area contributed by atoms with E-state index in [0.717, 1.165) is 6.07 Å². The largest absolute Gasteiger partial charge is 0.337 e. The van der Waals surface area contributed by atoms with Crippen LogP contribution in [0.2, 0.25) is 0 Å². The summed E-state index contributed by atoms with van der Waals surface area (Å²) < 4.78 is 43.7. The highest BCUT2D eigenvalue weighted by molar-refractivity contribution is 9.10. The summed E-state index contributed by atoms with van der Waals surface area (Å²) in [5, 5.41) is 2.76. The molecule has 25 heavy (non-hydrogen) atoms. The lowest BCUT2D eigenvalue weighted by molar-refractivity contribution is 0.618. The molecule has 124 valence electrons. The van der Waals surface area contributed by atoms with Crippen molar-refractivity contribution in [3.05, 3.63) is 64.8 Å². The molecule has 2 aromatic heterocycles. The summed E-state index contributed by atoms with van der Waals surface area (Å²) >= 11 is 3.19. The van der Waals surface area contributed by atoms with Gasteiger partial charge in [-0.1, -0.05) is 15.9 Å². The quantitative estimate of drug-likeness (QED) is 0.504. The number of pyridine rings is 1. The van der Waals surface area contributed by atoms with Crippen LogP contribution in [0.15, 0.2) is 47.3 Å². The number of nitrogens with zero attached hydrogens (tertiary/aromatic N) is 3. The normalized spacial score (nSPS) is 11.2. The Hall–Kier alpha value is -2.74. The Morgan fingerprint density at radius 3 is 2.64 bits per heavy atom. The van der Waals surface area contributed by atoms with Crippen LogP contribution in [0, 0.1) is 17.5 Å². The molecule has 0 atom stereocenters. The zero-order valence-electron chi connectivity index (χ0n) is 12.4. The van der Waals surface area contributed by atoms with Gasteiger partial charge in [0.15, 0.2) is 11.6 Å². The maximum Gasteiger partial charge on any atom is 0.156 e. The minimum absolute atomic E-state index is 0.0200. The van der Waals surface area contributed by atoms with E-state index < -0.39 is 17.5 Å². The third kappa shape index (κ3) is 2.68. The molecule has 0 unspecified atom stereocenters. The topological polar surface area (TPSA) is 50.7 Å². The molecule has 0 aliphatic heterocycles. The monoisotopic (exact) mass is 404 g/mol. The first kappa shape index (κ1) is 15.8. The Morgan fingerprint density at radius 2 is 1.80 bits per heavy atom. The lowest BCUT2D eigenvalue weighted by Gasteiger charge is -2.12. The van der Waals surface area contributed by atoms with Crippen LogP contribution in [-0.2, 0) is 0 Å². The van der Waals surface area contributed by atoms with Crippen LogP contribution in [0.5, 0.6) is 0 Å². The van der Waals surface area contributed by atoms with Crippen LogP contribution in [0.1, 0.15) is 0 Å². The summed E-state index contributed by atoms with van der Waals surface area (Å²) in [6, 6.07) is 6.74. The number of nitrogens with one attached hydrogen (secondary N) is 1. The van der Waals surface area contributed by atoms with Crippen molar-refractivity contribution in [2.24, 2.45) is 0 Å². The standard InChI is InChI=1S/C17H8BrF3N4/c18-8-4-10(19)14-12(5-8)23-7-24-17(14)25-13-6-11(20)16-9(15(13)21)2-1-3-22-16/h1-7H,(H,23,24,25). The van der Waals surface area contributed by atoms with Gasteiger partial charge in [-0.2, -0.15) is 0 Å². The molecule has 0 amide bonds. The average molecular weight is 405 g/mol. The van der Waals surface area contributed by atoms with Gasteiger partial charge in [-0.3, -0.25) is 4.98 Å². The highest BCUT2D eigenvalue weighted by Crippen LogP contribution is 2.32. The first-order valence-corrected chi connectivity index (χ1v) is 7.93. The smallest absolute Gasteiger partial charge is 0.156 e. The Labute approximate surface area is 147 Å². The summed E-state index contributed by atoms with van der Waals surface area (Å²) in [7, 11) is 0. The van der Waals surface area contributed by atoms with E-state index in [1.807, 2.05) is 0 Å². The van der Waals surface area contributed by atoms with Gasteiger partial charge >= 0.3 is 0 Å². The van der Waals surface area contributed by atoms with Gasteiger partial charge < -0.3 is 5.32 Å². The first-order valence-electron chi connectivity index (χ1n) is 7.14. The number of aromatic nitrogens is 3. The fourth-order valence-corrected chi connectivity index (χ4v) is 3.02. The van der Waals surface area contributed by atoms with E-state index >= 15 is 0 Å². The van der Waals surface area contributed by atoms with Gasteiger partial charge in [-0.05, 0) is 24.3 Å². The maximum absolute atomic E-state index is 14.7. The molecule has 0 bridgehead atoms. The molecule has 0 saturated heterocycles. The van der Waals surface area contributed by atoms with Crippen molar-refractivity contribution in [3.8, 4) is 0 Å². The summed E-state index contributed by atoms with van der Waals surface area (Å²) in [6.07, 6.45) is 2.59. The van der Waals surface area contributed by atoms with Crippen molar-refractivity contribution < 1.29 is 13.2 Å². The summed E-state index contributed by atoms with van der Waals surface area (Å²) in [6.45, 7) is 0. The van der Waals surface area contributed by atoms with Crippen molar-refractivity contribution in [2.45, 2.75) is 0 Å². The number of hydrogen-bond donors (Lipinski definition) is 1. The van der Waals surface area contributed by atoms with Gasteiger partial charge in [-0.25, -0.2) is 23.1 Å². The molecule has 4 aromatic rings. The van der Waals surface area contributed by atoms with Crippen molar-refractivity contribution in [1.82, 2.24) is 15.0 Å². The summed E-state index contributed by atoms with van der Waals surface area (Å²) in [5.41, 5.74) is 0.0845. The van der Waals surface area contributed by atoms with Gasteiger partial charge in [0.05, 0.1) is 16.6 Å². The predicted molar refractivity (Wildman–Crippen MR) is 92.1 cm³/mol. The first-order chi connectivity index (χ1) is 12.0. The molecule has 2 aromatic carbocycles. The number of rotatable bonds is 2. The SMILES string of the molecule is Fc1c(Nc2ncnc3cc(Br)cc(F)c23)cc(F)c2ncccc12. The third-order valence-electron chi connectivity index (χ3n) is 3.69. The molecule has 4 nitrogen and oxygen atoms in total. The number of anilines is 2. The lowest BCUT2D eigenvalue weighted by atomic mass is 10.1. The van der Waals surface area contributed by atoms with E-state index in [4.69, 9.17) is 0 Å². The Morgan fingerprint density at radius 1 is 0.960 bits per heavy atom. The minimum Gasteiger partial charge on any atom is -0.337 e.